The summed E-state index contributed by atoms with van der Waals surface area (Å²) in [5.41, 5.74) is 1.57. The zero-order valence-electron chi connectivity index (χ0n) is 16.1. The van der Waals surface area contributed by atoms with Gasteiger partial charge in [-0.05, 0) is 13.8 Å². The van der Waals surface area contributed by atoms with Crippen molar-refractivity contribution in [3.05, 3.63) is 30.7 Å². The summed E-state index contributed by atoms with van der Waals surface area (Å²) in [7, 11) is 0. The van der Waals surface area contributed by atoms with E-state index < -0.39 is 0 Å². The maximum absolute atomic E-state index is 13.0. The lowest BCUT2D eigenvalue weighted by molar-refractivity contribution is -0.117. The Hall–Kier alpha value is -2.98. The molecule has 4 aliphatic rings. The van der Waals surface area contributed by atoms with Crippen molar-refractivity contribution in [2.75, 3.05) is 26.4 Å². The Kier molecular flexibility index (Phi) is 3.72. The van der Waals surface area contributed by atoms with Crippen LogP contribution >= 0.6 is 22.7 Å². The Morgan fingerprint density at radius 3 is 1.40 bits per heavy atom. The lowest BCUT2D eigenvalue weighted by Crippen LogP contribution is -2.22. The van der Waals surface area contributed by atoms with Crippen LogP contribution < -0.4 is 29.6 Å². The molecule has 6 rings (SSSR count). The first-order valence-electron chi connectivity index (χ1n) is 9.45. The molecule has 2 N–H and O–H groups in total. The zero-order chi connectivity index (χ0) is 20.6. The SMILES string of the molecule is Cc1sc(C2=C3C(=O)NC(c4sc(C)c5c4OCCO5)=C3C(=O)N2)c2c1OCCO2. The second-order valence-corrected chi connectivity index (χ2v) is 9.54. The summed E-state index contributed by atoms with van der Waals surface area (Å²) in [5, 5.41) is 5.76. The van der Waals surface area contributed by atoms with Gasteiger partial charge >= 0.3 is 0 Å². The number of hydrogen-bond acceptors (Lipinski definition) is 8. The molecule has 30 heavy (non-hydrogen) atoms. The molecule has 0 bridgehead atoms. The summed E-state index contributed by atoms with van der Waals surface area (Å²) in [6.07, 6.45) is 0. The van der Waals surface area contributed by atoms with Gasteiger partial charge in [0, 0.05) is 9.75 Å². The van der Waals surface area contributed by atoms with Gasteiger partial charge in [-0.25, -0.2) is 0 Å². The normalized spacial score (nSPS) is 19.3. The molecule has 2 amide bonds. The van der Waals surface area contributed by atoms with Gasteiger partial charge in [0.2, 0.25) is 0 Å². The average molecular weight is 444 g/mol. The second-order valence-electron chi connectivity index (χ2n) is 7.09. The number of aryl methyl sites for hydroxylation is 2. The quantitative estimate of drug-likeness (QED) is 0.739. The molecule has 4 aliphatic heterocycles. The highest BCUT2D eigenvalue weighted by molar-refractivity contribution is 7.14. The molecule has 8 nitrogen and oxygen atoms in total. The van der Waals surface area contributed by atoms with E-state index in [0.717, 1.165) is 9.75 Å². The van der Waals surface area contributed by atoms with Crippen molar-refractivity contribution < 1.29 is 28.5 Å². The molecule has 0 spiro atoms. The standard InChI is InChI=1S/C20H16N2O6S2/c1-7-13-15(27-5-3-25-13)17(29-7)11-9-10(20(24)21-11)12(22-19(9)23)18-16-14(8(2)30-18)26-4-6-28-16/h3-6H2,1-2H3,(H,21,24)(H,22,23). The van der Waals surface area contributed by atoms with E-state index in [0.29, 0.717) is 81.7 Å². The summed E-state index contributed by atoms with van der Waals surface area (Å²) in [6, 6.07) is 0. The molecule has 2 aromatic rings. The zero-order valence-corrected chi connectivity index (χ0v) is 17.7. The van der Waals surface area contributed by atoms with E-state index in [9.17, 15) is 9.59 Å². The predicted molar refractivity (Wildman–Crippen MR) is 110 cm³/mol. The molecule has 0 unspecified atom stereocenters. The Balaban J connectivity index is 1.54. The number of ether oxygens (including phenoxy) is 4. The van der Waals surface area contributed by atoms with E-state index in [1.165, 1.54) is 22.7 Å². The molecule has 0 radical (unpaired) electrons. The third-order valence-electron chi connectivity index (χ3n) is 5.26. The van der Waals surface area contributed by atoms with E-state index in [-0.39, 0.29) is 11.8 Å². The van der Waals surface area contributed by atoms with Crippen LogP contribution in [0, 0.1) is 13.8 Å². The monoisotopic (exact) mass is 444 g/mol. The van der Waals surface area contributed by atoms with E-state index in [4.69, 9.17) is 18.9 Å². The van der Waals surface area contributed by atoms with E-state index in [2.05, 4.69) is 10.6 Å². The van der Waals surface area contributed by atoms with Crippen LogP contribution in [-0.4, -0.2) is 38.2 Å². The minimum absolute atomic E-state index is 0.324. The number of nitrogens with one attached hydrogen (secondary N) is 2. The first-order chi connectivity index (χ1) is 14.5. The first-order valence-corrected chi connectivity index (χ1v) is 11.1. The maximum atomic E-state index is 13.0. The number of fused-ring (bicyclic) bond motifs is 3. The summed E-state index contributed by atoms with van der Waals surface area (Å²) in [4.78, 5) is 29.2. The Labute approximate surface area is 179 Å². The highest BCUT2D eigenvalue weighted by Gasteiger charge is 2.44. The summed E-state index contributed by atoms with van der Waals surface area (Å²) in [5.74, 6) is 1.84. The van der Waals surface area contributed by atoms with Crippen molar-refractivity contribution in [3.63, 3.8) is 0 Å². The van der Waals surface area contributed by atoms with Crippen LogP contribution in [0.25, 0.3) is 11.4 Å². The van der Waals surface area contributed by atoms with Crippen LogP contribution in [0.5, 0.6) is 23.0 Å². The minimum Gasteiger partial charge on any atom is -0.485 e. The van der Waals surface area contributed by atoms with Gasteiger partial charge in [-0.1, -0.05) is 0 Å². The van der Waals surface area contributed by atoms with Gasteiger partial charge in [-0.3, -0.25) is 9.59 Å². The summed E-state index contributed by atoms with van der Waals surface area (Å²) >= 11 is 2.87. The lowest BCUT2D eigenvalue weighted by atomic mass is 10.1. The van der Waals surface area contributed by atoms with E-state index in [1.54, 1.807) is 0 Å². The van der Waals surface area contributed by atoms with Crippen molar-refractivity contribution >= 4 is 45.9 Å². The molecule has 0 aliphatic carbocycles. The van der Waals surface area contributed by atoms with Crippen molar-refractivity contribution in [2.45, 2.75) is 13.8 Å². The highest BCUT2D eigenvalue weighted by atomic mass is 32.1. The number of carbonyl (C=O) groups is 2. The second kappa shape index (κ2) is 6.26. The van der Waals surface area contributed by atoms with E-state index >= 15 is 0 Å². The average Bonchev–Trinajstić information content (AvgIpc) is 3.46. The molecular formula is C20H16N2O6S2. The number of amides is 2. The molecule has 0 fully saturated rings. The van der Waals surface area contributed by atoms with Crippen molar-refractivity contribution in [3.8, 4) is 23.0 Å². The van der Waals surface area contributed by atoms with Gasteiger partial charge in [0.05, 0.1) is 32.3 Å². The number of carbonyl (C=O) groups excluding carboxylic acids is 2. The van der Waals surface area contributed by atoms with Gasteiger partial charge in [-0.2, -0.15) is 0 Å². The highest BCUT2D eigenvalue weighted by Crippen LogP contribution is 2.52. The largest absolute Gasteiger partial charge is 0.485 e. The van der Waals surface area contributed by atoms with E-state index in [1.807, 2.05) is 13.8 Å². The van der Waals surface area contributed by atoms with Gasteiger partial charge < -0.3 is 29.6 Å². The van der Waals surface area contributed by atoms with Crippen LogP contribution in [-0.2, 0) is 9.59 Å². The fourth-order valence-electron chi connectivity index (χ4n) is 4.04. The van der Waals surface area contributed by atoms with Crippen LogP contribution in [0.1, 0.15) is 19.5 Å². The van der Waals surface area contributed by atoms with Crippen molar-refractivity contribution in [2.24, 2.45) is 0 Å². The van der Waals surface area contributed by atoms with Crippen molar-refractivity contribution in [1.82, 2.24) is 10.6 Å². The Morgan fingerprint density at radius 2 is 1.00 bits per heavy atom. The molecule has 0 atom stereocenters. The number of rotatable bonds is 2. The van der Waals surface area contributed by atoms with Gasteiger partial charge in [0.15, 0.2) is 23.0 Å². The van der Waals surface area contributed by atoms with Gasteiger partial charge in [0.1, 0.15) is 26.4 Å². The third-order valence-corrected chi connectivity index (χ3v) is 7.43. The third kappa shape index (κ3) is 2.31. The summed E-state index contributed by atoms with van der Waals surface area (Å²) in [6.45, 7) is 5.65. The van der Waals surface area contributed by atoms with Crippen LogP contribution in [0.4, 0.5) is 0 Å². The summed E-state index contributed by atoms with van der Waals surface area (Å²) < 4.78 is 23.1. The Morgan fingerprint density at radius 1 is 0.633 bits per heavy atom. The molecule has 10 heteroatoms. The molecular weight excluding hydrogens is 428 g/mol. The fraction of sp³-hybridized carbons (Fsp3) is 0.300. The number of thiophene rings is 2. The molecule has 0 aromatic carbocycles. The smallest absolute Gasteiger partial charge is 0.258 e. The first kappa shape index (κ1) is 17.8. The van der Waals surface area contributed by atoms with Crippen LogP contribution in [0.3, 0.4) is 0 Å². The van der Waals surface area contributed by atoms with Gasteiger partial charge in [-0.15, -0.1) is 22.7 Å². The lowest BCUT2D eigenvalue weighted by Gasteiger charge is -2.17. The topological polar surface area (TPSA) is 95.1 Å². The number of hydrogen-bond donors (Lipinski definition) is 2. The Bertz CT molecular complexity index is 1120. The maximum Gasteiger partial charge on any atom is 0.258 e. The molecule has 6 heterocycles. The molecule has 2 aromatic heterocycles. The fourth-order valence-corrected chi connectivity index (χ4v) is 6.14. The molecule has 0 saturated heterocycles. The molecule has 154 valence electrons. The van der Waals surface area contributed by atoms with Gasteiger partial charge in [0.25, 0.3) is 11.8 Å². The van der Waals surface area contributed by atoms with Crippen LogP contribution in [0.15, 0.2) is 11.1 Å². The minimum atomic E-state index is -0.332. The van der Waals surface area contributed by atoms with Crippen molar-refractivity contribution in [1.29, 1.82) is 0 Å². The molecule has 0 saturated carbocycles. The predicted octanol–water partition coefficient (Wildman–Crippen LogP) is 2.35. The van der Waals surface area contributed by atoms with Crippen LogP contribution in [0.2, 0.25) is 0 Å².